The molecule has 1 N–H and O–H groups in total. The van der Waals surface area contributed by atoms with E-state index >= 15 is 0 Å². The van der Waals surface area contributed by atoms with Gasteiger partial charge in [-0.1, -0.05) is 17.7 Å². The Morgan fingerprint density at radius 2 is 2.00 bits per heavy atom. The van der Waals surface area contributed by atoms with Crippen molar-refractivity contribution in [3.8, 4) is 17.2 Å². The van der Waals surface area contributed by atoms with Crippen molar-refractivity contribution in [3.63, 3.8) is 0 Å². The van der Waals surface area contributed by atoms with Crippen molar-refractivity contribution < 1.29 is 18.0 Å². The van der Waals surface area contributed by atoms with Crippen LogP contribution in [0, 0.1) is 18.3 Å². The highest BCUT2D eigenvalue weighted by molar-refractivity contribution is 6.31. The van der Waals surface area contributed by atoms with Gasteiger partial charge in [0.2, 0.25) is 5.91 Å². The molecule has 0 bridgehead atoms. The number of benzene rings is 2. The van der Waals surface area contributed by atoms with Crippen LogP contribution in [0.1, 0.15) is 35.1 Å². The van der Waals surface area contributed by atoms with Gasteiger partial charge in [-0.3, -0.25) is 4.79 Å². The zero-order valence-corrected chi connectivity index (χ0v) is 15.7. The van der Waals surface area contributed by atoms with Gasteiger partial charge in [-0.25, -0.2) is 0 Å². The second-order valence-electron chi connectivity index (χ2n) is 6.57. The lowest BCUT2D eigenvalue weighted by Gasteiger charge is -2.17. The minimum absolute atomic E-state index is 0.166. The molecule has 0 saturated carbocycles. The zero-order valence-electron chi connectivity index (χ0n) is 15.0. The molecule has 0 atom stereocenters. The number of alkyl halides is 3. The van der Waals surface area contributed by atoms with Crippen LogP contribution in [0.3, 0.4) is 0 Å². The molecule has 1 aliphatic heterocycles. The van der Waals surface area contributed by atoms with Crippen molar-refractivity contribution in [2.45, 2.75) is 25.9 Å². The van der Waals surface area contributed by atoms with Gasteiger partial charge in [-0.05, 0) is 72.4 Å². The van der Waals surface area contributed by atoms with Gasteiger partial charge < -0.3 is 5.32 Å². The van der Waals surface area contributed by atoms with Gasteiger partial charge in [0.05, 0.1) is 22.2 Å². The maximum Gasteiger partial charge on any atom is 0.417 e. The Morgan fingerprint density at radius 3 is 2.64 bits per heavy atom. The number of nitriles is 1. The summed E-state index contributed by atoms with van der Waals surface area (Å²) in [6.45, 7) is 2.37. The molecule has 1 saturated heterocycles. The molecule has 0 unspecified atom stereocenters. The van der Waals surface area contributed by atoms with E-state index < -0.39 is 11.7 Å². The van der Waals surface area contributed by atoms with Crippen LogP contribution in [0.4, 0.5) is 13.2 Å². The normalized spacial score (nSPS) is 16.0. The van der Waals surface area contributed by atoms with Crippen LogP contribution in [0.2, 0.25) is 5.02 Å². The van der Waals surface area contributed by atoms with Crippen LogP contribution in [0.15, 0.2) is 35.9 Å². The minimum atomic E-state index is -4.58. The number of hydrogen-bond acceptors (Lipinski definition) is 2. The number of amides is 1. The molecule has 1 heterocycles. The average Bonchev–Trinajstić information content (AvgIpc) is 2.64. The Kier molecular flexibility index (Phi) is 5.48. The second kappa shape index (κ2) is 7.69. The molecular weight excluding hydrogens is 389 g/mol. The number of piperidine rings is 1. The first-order valence-corrected chi connectivity index (χ1v) is 8.99. The molecule has 0 aromatic heterocycles. The van der Waals surface area contributed by atoms with Crippen molar-refractivity contribution in [3.05, 3.63) is 63.2 Å². The summed E-state index contributed by atoms with van der Waals surface area (Å²) in [6, 6.07) is 8.88. The molecule has 1 amide bonds. The first kappa shape index (κ1) is 20.0. The molecule has 2 aromatic rings. The second-order valence-corrected chi connectivity index (χ2v) is 6.98. The molecule has 0 radical (unpaired) electrons. The van der Waals surface area contributed by atoms with E-state index in [1.54, 1.807) is 25.1 Å². The fraction of sp³-hybridized carbons (Fsp3) is 0.238. The van der Waals surface area contributed by atoms with E-state index in [2.05, 4.69) is 5.32 Å². The number of halogens is 4. The van der Waals surface area contributed by atoms with Gasteiger partial charge in [0.15, 0.2) is 0 Å². The van der Waals surface area contributed by atoms with Crippen molar-refractivity contribution in [1.29, 1.82) is 5.26 Å². The number of carbonyl (C=O) groups excluding carboxylic acids is 1. The lowest BCUT2D eigenvalue weighted by Crippen LogP contribution is -2.30. The SMILES string of the molecule is Cc1c(/C=C2\CCCNC2=O)cc(C#N)cc1-c1ccc(Cl)c(C(F)(F)F)c1. The van der Waals surface area contributed by atoms with Crippen LogP contribution < -0.4 is 5.32 Å². The summed E-state index contributed by atoms with van der Waals surface area (Å²) in [5, 5.41) is 11.7. The van der Waals surface area contributed by atoms with Gasteiger partial charge >= 0.3 is 6.18 Å². The van der Waals surface area contributed by atoms with Gasteiger partial charge in [-0.15, -0.1) is 0 Å². The number of carbonyl (C=O) groups is 1. The molecule has 7 heteroatoms. The summed E-state index contributed by atoms with van der Waals surface area (Å²) in [6.07, 6.45) is -1.46. The molecule has 144 valence electrons. The van der Waals surface area contributed by atoms with Crippen LogP contribution in [-0.2, 0) is 11.0 Å². The van der Waals surface area contributed by atoms with Gasteiger partial charge in [0.1, 0.15) is 0 Å². The van der Waals surface area contributed by atoms with Crippen LogP contribution >= 0.6 is 11.6 Å². The number of rotatable bonds is 2. The number of hydrogen-bond donors (Lipinski definition) is 1. The van der Waals surface area contributed by atoms with E-state index in [9.17, 15) is 23.2 Å². The molecule has 28 heavy (non-hydrogen) atoms. The largest absolute Gasteiger partial charge is 0.417 e. The Morgan fingerprint density at radius 1 is 1.25 bits per heavy atom. The molecule has 2 aromatic carbocycles. The summed E-state index contributed by atoms with van der Waals surface area (Å²) in [5.41, 5.74) is 2.06. The summed E-state index contributed by atoms with van der Waals surface area (Å²) in [7, 11) is 0. The molecular formula is C21H16ClF3N2O. The lowest BCUT2D eigenvalue weighted by molar-refractivity contribution is -0.137. The molecule has 0 aliphatic carbocycles. The van der Waals surface area contributed by atoms with Gasteiger partial charge in [0, 0.05) is 12.1 Å². The Balaban J connectivity index is 2.17. The van der Waals surface area contributed by atoms with E-state index in [-0.39, 0.29) is 10.9 Å². The Labute approximate surface area is 165 Å². The van der Waals surface area contributed by atoms with Crippen molar-refractivity contribution >= 4 is 23.6 Å². The average molecular weight is 405 g/mol. The topological polar surface area (TPSA) is 52.9 Å². The van der Waals surface area contributed by atoms with Crippen molar-refractivity contribution in [2.24, 2.45) is 0 Å². The van der Waals surface area contributed by atoms with E-state index in [4.69, 9.17) is 11.6 Å². The molecule has 3 rings (SSSR count). The maximum absolute atomic E-state index is 13.2. The first-order chi connectivity index (χ1) is 13.2. The van der Waals surface area contributed by atoms with E-state index in [0.29, 0.717) is 46.4 Å². The number of nitrogens with zero attached hydrogens (tertiary/aromatic N) is 1. The highest BCUT2D eigenvalue weighted by Crippen LogP contribution is 2.38. The van der Waals surface area contributed by atoms with Gasteiger partial charge in [-0.2, -0.15) is 18.4 Å². The van der Waals surface area contributed by atoms with E-state index in [0.717, 1.165) is 12.5 Å². The fourth-order valence-electron chi connectivity index (χ4n) is 3.19. The molecule has 1 fully saturated rings. The van der Waals surface area contributed by atoms with Crippen LogP contribution in [0.5, 0.6) is 0 Å². The predicted octanol–water partition coefficient (Wildman–Crippen LogP) is 5.50. The third kappa shape index (κ3) is 4.05. The van der Waals surface area contributed by atoms with Gasteiger partial charge in [0.25, 0.3) is 0 Å². The van der Waals surface area contributed by atoms with E-state index in [1.165, 1.54) is 12.1 Å². The zero-order chi connectivity index (χ0) is 20.5. The highest BCUT2D eigenvalue weighted by Gasteiger charge is 2.33. The minimum Gasteiger partial charge on any atom is -0.352 e. The third-order valence-corrected chi connectivity index (χ3v) is 5.02. The van der Waals surface area contributed by atoms with Crippen molar-refractivity contribution in [1.82, 2.24) is 5.32 Å². The van der Waals surface area contributed by atoms with Crippen LogP contribution in [-0.4, -0.2) is 12.5 Å². The summed E-state index contributed by atoms with van der Waals surface area (Å²) < 4.78 is 39.7. The molecule has 3 nitrogen and oxygen atoms in total. The monoisotopic (exact) mass is 404 g/mol. The Hall–Kier alpha value is -2.78. The summed E-state index contributed by atoms with van der Waals surface area (Å²) >= 11 is 5.72. The van der Waals surface area contributed by atoms with Crippen molar-refractivity contribution in [2.75, 3.05) is 6.54 Å². The number of nitrogens with one attached hydrogen (secondary N) is 1. The molecule has 0 spiro atoms. The predicted molar refractivity (Wildman–Crippen MR) is 102 cm³/mol. The smallest absolute Gasteiger partial charge is 0.352 e. The van der Waals surface area contributed by atoms with Crippen LogP contribution in [0.25, 0.3) is 17.2 Å². The molecule has 1 aliphatic rings. The third-order valence-electron chi connectivity index (χ3n) is 4.69. The lowest BCUT2D eigenvalue weighted by atomic mass is 9.91. The fourth-order valence-corrected chi connectivity index (χ4v) is 3.42. The summed E-state index contributed by atoms with van der Waals surface area (Å²) in [4.78, 5) is 12.0. The maximum atomic E-state index is 13.2. The van der Waals surface area contributed by atoms with E-state index in [1.807, 2.05) is 6.07 Å². The quantitative estimate of drug-likeness (QED) is 0.672. The standard InChI is InChI=1S/C21H16ClF3N2O/c1-12-16(9-15-3-2-6-27-20(15)28)7-13(11-26)8-17(12)14-4-5-19(22)18(10-14)21(23,24)25/h4-5,7-10H,2-3,6H2,1H3,(H,27,28)/b15-9+. The summed E-state index contributed by atoms with van der Waals surface area (Å²) in [5.74, 6) is -0.166. The first-order valence-electron chi connectivity index (χ1n) is 8.61. The highest BCUT2D eigenvalue weighted by atomic mass is 35.5. The Bertz CT molecular complexity index is 1020.